The highest BCUT2D eigenvalue weighted by atomic mass is 31.2. The second-order valence-corrected chi connectivity index (χ2v) is 3.51. The predicted octanol–water partition coefficient (Wildman–Crippen LogP) is -2.68. The summed E-state index contributed by atoms with van der Waals surface area (Å²) in [4.78, 5) is 26.8. The van der Waals surface area contributed by atoms with Gasteiger partial charge in [0.2, 0.25) is 0 Å². The van der Waals surface area contributed by atoms with Gasteiger partial charge in [0.25, 0.3) is 5.91 Å². The van der Waals surface area contributed by atoms with Crippen LogP contribution in [0.2, 0.25) is 0 Å². The summed E-state index contributed by atoms with van der Waals surface area (Å²) in [7, 11) is -4.76. The number of carbonyl (C=O) groups excluding carboxylic acids is 1. The van der Waals surface area contributed by atoms with Gasteiger partial charge < -0.3 is 20.0 Å². The van der Waals surface area contributed by atoms with Gasteiger partial charge in [-0.05, 0) is 0 Å². The molecule has 84 valence electrons. The van der Waals surface area contributed by atoms with Crippen molar-refractivity contribution in [2.24, 2.45) is 0 Å². The van der Waals surface area contributed by atoms with E-state index in [9.17, 15) is 9.36 Å². The third-order valence-electron chi connectivity index (χ3n) is 1.16. The molecule has 6 N–H and O–H groups in total. The van der Waals surface area contributed by atoms with Crippen LogP contribution in [0.1, 0.15) is 0 Å². The van der Waals surface area contributed by atoms with Crippen LogP contribution in [0.4, 0.5) is 0 Å². The molecule has 0 aromatic carbocycles. The standard InChI is InChI=1S/C4H10NO8P/c6-2(1-13-14(10,11)12)3(7)4(8)5-9/h2-3,6-7,9H,1H2,(H,5,8)(H2,10,11,12)/t2-,3-/m1/s1. The van der Waals surface area contributed by atoms with E-state index in [1.807, 2.05) is 0 Å². The fraction of sp³-hybridized carbons (Fsp3) is 0.750. The Bertz CT molecular complexity index is 237. The van der Waals surface area contributed by atoms with Gasteiger partial charge in [0.1, 0.15) is 6.10 Å². The highest BCUT2D eigenvalue weighted by molar-refractivity contribution is 7.46. The summed E-state index contributed by atoms with van der Waals surface area (Å²) in [5.74, 6) is -1.31. The fourth-order valence-electron chi connectivity index (χ4n) is 0.505. The minimum Gasteiger partial charge on any atom is -0.387 e. The Balaban J connectivity index is 4.02. The molecule has 0 heterocycles. The first-order valence-corrected chi connectivity index (χ1v) is 4.81. The molecule has 0 spiro atoms. The summed E-state index contributed by atoms with van der Waals surface area (Å²) in [6.45, 7) is -0.946. The lowest BCUT2D eigenvalue weighted by Gasteiger charge is -2.15. The average molecular weight is 231 g/mol. The van der Waals surface area contributed by atoms with E-state index in [0.29, 0.717) is 0 Å². The zero-order valence-electron chi connectivity index (χ0n) is 6.77. The van der Waals surface area contributed by atoms with E-state index < -0.39 is 32.5 Å². The molecule has 9 nitrogen and oxygen atoms in total. The Morgan fingerprint density at radius 2 is 1.93 bits per heavy atom. The number of nitrogens with one attached hydrogen (secondary N) is 1. The van der Waals surface area contributed by atoms with Gasteiger partial charge >= 0.3 is 7.82 Å². The smallest absolute Gasteiger partial charge is 0.387 e. The number of carbonyl (C=O) groups is 1. The van der Waals surface area contributed by atoms with Crippen molar-refractivity contribution in [3.63, 3.8) is 0 Å². The zero-order chi connectivity index (χ0) is 11.4. The molecule has 0 aliphatic heterocycles. The minimum absolute atomic E-state index is 0.946. The molecule has 0 fully saturated rings. The molecule has 14 heavy (non-hydrogen) atoms. The molecule has 0 saturated heterocycles. The summed E-state index contributed by atoms with van der Waals surface area (Å²) in [6, 6.07) is 0. The van der Waals surface area contributed by atoms with E-state index in [1.165, 1.54) is 0 Å². The maximum atomic E-state index is 10.5. The Morgan fingerprint density at radius 1 is 1.43 bits per heavy atom. The van der Waals surface area contributed by atoms with Crippen molar-refractivity contribution in [1.29, 1.82) is 0 Å². The largest absolute Gasteiger partial charge is 0.469 e. The van der Waals surface area contributed by atoms with Gasteiger partial charge in [-0.3, -0.25) is 14.5 Å². The number of hydrogen-bond acceptors (Lipinski definition) is 6. The molecule has 2 atom stereocenters. The van der Waals surface area contributed by atoms with Gasteiger partial charge in [-0.2, -0.15) is 0 Å². The van der Waals surface area contributed by atoms with Gasteiger partial charge in [-0.25, -0.2) is 10.0 Å². The summed E-state index contributed by atoms with van der Waals surface area (Å²) in [5, 5.41) is 25.7. The van der Waals surface area contributed by atoms with Crippen LogP contribution in [0, 0.1) is 0 Å². The Labute approximate surface area is 78.1 Å². The minimum atomic E-state index is -4.76. The van der Waals surface area contributed by atoms with E-state index in [4.69, 9.17) is 25.2 Å². The molecule has 0 unspecified atom stereocenters. The topological polar surface area (TPSA) is 157 Å². The molecule has 0 bridgehead atoms. The second-order valence-electron chi connectivity index (χ2n) is 2.27. The van der Waals surface area contributed by atoms with Crippen molar-refractivity contribution in [2.45, 2.75) is 12.2 Å². The van der Waals surface area contributed by atoms with Crippen molar-refractivity contribution >= 4 is 13.7 Å². The summed E-state index contributed by atoms with van der Waals surface area (Å²) in [5.41, 5.74) is 1.04. The van der Waals surface area contributed by atoms with Crippen LogP contribution in [-0.4, -0.2) is 49.9 Å². The highest BCUT2D eigenvalue weighted by Crippen LogP contribution is 2.35. The lowest BCUT2D eigenvalue weighted by molar-refractivity contribution is -0.145. The molecule has 0 aromatic heterocycles. The third kappa shape index (κ3) is 5.25. The molecule has 0 aliphatic carbocycles. The Kier molecular flexibility index (Phi) is 5.16. The van der Waals surface area contributed by atoms with Crippen LogP contribution in [0.5, 0.6) is 0 Å². The maximum Gasteiger partial charge on any atom is 0.469 e. The highest BCUT2D eigenvalue weighted by Gasteiger charge is 2.26. The molecule has 0 rings (SSSR count). The zero-order valence-corrected chi connectivity index (χ0v) is 7.66. The summed E-state index contributed by atoms with van der Waals surface area (Å²) < 4.78 is 13.9. The number of phosphoric acid groups is 1. The van der Waals surface area contributed by atoms with Crippen LogP contribution in [-0.2, 0) is 13.9 Å². The molecular weight excluding hydrogens is 221 g/mol. The first-order chi connectivity index (χ1) is 6.28. The lowest BCUT2D eigenvalue weighted by Crippen LogP contribution is -2.42. The summed E-state index contributed by atoms with van der Waals surface area (Å²) >= 11 is 0. The SMILES string of the molecule is O=C(NO)[C@H](O)[C@H](O)COP(=O)(O)O. The van der Waals surface area contributed by atoms with E-state index in [-0.39, 0.29) is 0 Å². The van der Waals surface area contributed by atoms with Crippen LogP contribution in [0.15, 0.2) is 0 Å². The van der Waals surface area contributed by atoms with Gasteiger partial charge in [-0.1, -0.05) is 0 Å². The lowest BCUT2D eigenvalue weighted by atomic mass is 10.2. The number of aliphatic hydroxyl groups is 2. The van der Waals surface area contributed by atoms with E-state index in [2.05, 4.69) is 4.52 Å². The van der Waals surface area contributed by atoms with Crippen molar-refractivity contribution < 1.29 is 39.1 Å². The number of hydrogen-bond donors (Lipinski definition) is 6. The Morgan fingerprint density at radius 3 is 2.29 bits per heavy atom. The molecule has 0 aliphatic rings. The van der Waals surface area contributed by atoms with Gasteiger partial charge in [0.15, 0.2) is 6.10 Å². The molecule has 1 amide bonds. The number of hydroxylamine groups is 1. The monoisotopic (exact) mass is 231 g/mol. The number of aliphatic hydroxyl groups excluding tert-OH is 2. The fourth-order valence-corrected chi connectivity index (χ4v) is 0.852. The van der Waals surface area contributed by atoms with Crippen LogP contribution >= 0.6 is 7.82 Å². The third-order valence-corrected chi connectivity index (χ3v) is 1.64. The second kappa shape index (κ2) is 5.37. The van der Waals surface area contributed by atoms with Gasteiger partial charge in [-0.15, -0.1) is 0 Å². The number of phosphoric ester groups is 1. The molecular formula is C4H10NO8P. The first kappa shape index (κ1) is 13.5. The predicted molar refractivity (Wildman–Crippen MR) is 39.9 cm³/mol. The maximum absolute atomic E-state index is 10.5. The van der Waals surface area contributed by atoms with Crippen molar-refractivity contribution in [1.82, 2.24) is 5.48 Å². The van der Waals surface area contributed by atoms with Crippen LogP contribution in [0.25, 0.3) is 0 Å². The molecule has 0 aromatic rings. The van der Waals surface area contributed by atoms with Crippen molar-refractivity contribution in [2.75, 3.05) is 6.61 Å². The van der Waals surface area contributed by atoms with Crippen molar-refractivity contribution in [3.8, 4) is 0 Å². The van der Waals surface area contributed by atoms with E-state index >= 15 is 0 Å². The number of amides is 1. The quantitative estimate of drug-likeness (QED) is 0.170. The molecule has 10 heteroatoms. The van der Waals surface area contributed by atoms with E-state index in [1.54, 1.807) is 0 Å². The van der Waals surface area contributed by atoms with Crippen LogP contribution in [0.3, 0.4) is 0 Å². The van der Waals surface area contributed by atoms with Gasteiger partial charge in [0.05, 0.1) is 6.61 Å². The van der Waals surface area contributed by atoms with Crippen LogP contribution < -0.4 is 5.48 Å². The Hall–Kier alpha value is -0.540. The first-order valence-electron chi connectivity index (χ1n) is 3.28. The average Bonchev–Trinajstić information content (AvgIpc) is 2.10. The molecule has 0 saturated carbocycles. The number of rotatable bonds is 5. The van der Waals surface area contributed by atoms with Gasteiger partial charge in [0, 0.05) is 0 Å². The summed E-state index contributed by atoms with van der Waals surface area (Å²) in [6.07, 6.45) is -3.89. The normalized spacial score (nSPS) is 16.1. The molecule has 0 radical (unpaired) electrons. The van der Waals surface area contributed by atoms with Crippen molar-refractivity contribution in [3.05, 3.63) is 0 Å². The van der Waals surface area contributed by atoms with E-state index in [0.717, 1.165) is 5.48 Å².